The number of amides is 1. The number of hydrogen-bond donors (Lipinski definition) is 1. The van der Waals surface area contributed by atoms with Gasteiger partial charge in [0.15, 0.2) is 10.9 Å². The monoisotopic (exact) mass is 340 g/mol. The Balaban J connectivity index is 1.70. The van der Waals surface area contributed by atoms with E-state index in [4.69, 9.17) is 0 Å². The number of nitrogens with zero attached hydrogens (tertiary/aromatic N) is 5. The van der Waals surface area contributed by atoms with E-state index in [0.29, 0.717) is 10.7 Å². The van der Waals surface area contributed by atoms with Crippen LogP contribution < -0.4 is 5.32 Å². The molecule has 3 aromatic rings. The van der Waals surface area contributed by atoms with Gasteiger partial charge in [-0.15, -0.1) is 20.4 Å². The molecule has 0 aliphatic carbocycles. The van der Waals surface area contributed by atoms with Gasteiger partial charge in [-0.05, 0) is 49.9 Å². The average Bonchev–Trinajstić information content (AvgIpc) is 2.96. The van der Waals surface area contributed by atoms with E-state index in [2.05, 4.69) is 25.7 Å². The molecule has 2 heterocycles. The highest BCUT2D eigenvalue weighted by Gasteiger charge is 2.12. The molecule has 0 saturated carbocycles. The van der Waals surface area contributed by atoms with E-state index < -0.39 is 0 Å². The van der Waals surface area contributed by atoms with Gasteiger partial charge in [-0.3, -0.25) is 4.79 Å². The van der Waals surface area contributed by atoms with Gasteiger partial charge in [-0.25, -0.2) is 0 Å². The van der Waals surface area contributed by atoms with E-state index >= 15 is 0 Å². The number of benzene rings is 1. The summed E-state index contributed by atoms with van der Waals surface area (Å²) < 4.78 is 1.99. The molecule has 3 rings (SSSR count). The first-order chi connectivity index (χ1) is 11.7. The van der Waals surface area contributed by atoms with Crippen molar-refractivity contribution in [2.75, 3.05) is 5.32 Å². The Morgan fingerprint density at radius 1 is 1.08 bits per heavy atom. The zero-order valence-electron chi connectivity index (χ0n) is 13.3. The maximum atomic E-state index is 12.1. The van der Waals surface area contributed by atoms with Crippen LogP contribution in [0.5, 0.6) is 0 Å². The lowest BCUT2D eigenvalue weighted by atomic mass is 10.3. The van der Waals surface area contributed by atoms with Crippen LogP contribution in [0.3, 0.4) is 0 Å². The SMILES string of the molecule is CCn1c(C)nnc1Sc1ccc(C(=O)Nc2ccccc2)nn1. The van der Waals surface area contributed by atoms with E-state index in [-0.39, 0.29) is 11.6 Å². The summed E-state index contributed by atoms with van der Waals surface area (Å²) in [5, 5.41) is 20.5. The number of nitrogens with one attached hydrogen (secondary N) is 1. The maximum absolute atomic E-state index is 12.1. The molecule has 122 valence electrons. The predicted molar refractivity (Wildman–Crippen MR) is 91.0 cm³/mol. The summed E-state index contributed by atoms with van der Waals surface area (Å²) in [6, 6.07) is 12.6. The number of anilines is 1. The van der Waals surface area contributed by atoms with Crippen LogP contribution in [0.2, 0.25) is 0 Å². The van der Waals surface area contributed by atoms with Crippen LogP contribution in [0.15, 0.2) is 52.6 Å². The third-order valence-corrected chi connectivity index (χ3v) is 4.23. The topological polar surface area (TPSA) is 85.6 Å². The molecule has 24 heavy (non-hydrogen) atoms. The van der Waals surface area contributed by atoms with Gasteiger partial charge in [0.1, 0.15) is 10.9 Å². The summed E-state index contributed by atoms with van der Waals surface area (Å²) in [6.45, 7) is 4.72. The Bertz CT molecular complexity index is 832. The molecule has 0 atom stereocenters. The Morgan fingerprint density at radius 3 is 2.54 bits per heavy atom. The second kappa shape index (κ2) is 7.22. The largest absolute Gasteiger partial charge is 0.321 e. The van der Waals surface area contributed by atoms with Crippen molar-refractivity contribution >= 4 is 23.4 Å². The van der Waals surface area contributed by atoms with Crippen LogP contribution >= 0.6 is 11.8 Å². The first kappa shape index (κ1) is 16.1. The third kappa shape index (κ3) is 3.60. The molecule has 0 aliphatic rings. The van der Waals surface area contributed by atoms with Crippen molar-refractivity contribution in [3.05, 3.63) is 54.0 Å². The fraction of sp³-hybridized carbons (Fsp3) is 0.188. The van der Waals surface area contributed by atoms with Crippen LogP contribution in [0.25, 0.3) is 0 Å². The highest BCUT2D eigenvalue weighted by Crippen LogP contribution is 2.24. The number of carbonyl (C=O) groups is 1. The normalized spacial score (nSPS) is 10.6. The minimum absolute atomic E-state index is 0.261. The molecular formula is C16H16N6OS. The smallest absolute Gasteiger partial charge is 0.276 e. The van der Waals surface area contributed by atoms with Gasteiger partial charge in [0.05, 0.1) is 0 Å². The molecule has 0 fully saturated rings. The second-order valence-electron chi connectivity index (χ2n) is 4.95. The molecule has 0 unspecified atom stereocenters. The Kier molecular flexibility index (Phi) is 4.85. The molecule has 0 spiro atoms. The van der Waals surface area contributed by atoms with Gasteiger partial charge < -0.3 is 9.88 Å². The fourth-order valence-corrected chi connectivity index (χ4v) is 2.96. The molecule has 0 saturated heterocycles. The zero-order chi connectivity index (χ0) is 16.9. The van der Waals surface area contributed by atoms with E-state index in [1.807, 2.05) is 48.7 Å². The lowest BCUT2D eigenvalue weighted by Gasteiger charge is -2.05. The lowest BCUT2D eigenvalue weighted by molar-refractivity contribution is 0.102. The summed E-state index contributed by atoms with van der Waals surface area (Å²) in [6.07, 6.45) is 0. The molecule has 1 aromatic carbocycles. The standard InChI is InChI=1S/C16H16N6OS/c1-3-22-11(2)18-21-16(22)24-14-10-9-13(19-20-14)15(23)17-12-7-5-4-6-8-12/h4-10H,3H2,1-2H3,(H,17,23). The summed E-state index contributed by atoms with van der Waals surface area (Å²) >= 11 is 1.37. The minimum Gasteiger partial charge on any atom is -0.321 e. The summed E-state index contributed by atoms with van der Waals surface area (Å²) in [7, 11) is 0. The van der Waals surface area contributed by atoms with E-state index in [1.165, 1.54) is 11.8 Å². The lowest BCUT2D eigenvalue weighted by Crippen LogP contribution is -2.14. The van der Waals surface area contributed by atoms with Gasteiger partial charge in [0.25, 0.3) is 5.91 Å². The predicted octanol–water partition coefficient (Wildman–Crippen LogP) is 2.80. The molecular weight excluding hydrogens is 324 g/mol. The molecule has 1 amide bonds. The van der Waals surface area contributed by atoms with Crippen molar-refractivity contribution in [1.29, 1.82) is 0 Å². The zero-order valence-corrected chi connectivity index (χ0v) is 14.1. The van der Waals surface area contributed by atoms with Gasteiger partial charge in [-0.2, -0.15) is 0 Å². The number of aromatic nitrogens is 5. The average molecular weight is 340 g/mol. The van der Waals surface area contributed by atoms with E-state index in [0.717, 1.165) is 17.5 Å². The van der Waals surface area contributed by atoms with Crippen LogP contribution in [0.1, 0.15) is 23.2 Å². The van der Waals surface area contributed by atoms with Crippen molar-refractivity contribution in [1.82, 2.24) is 25.0 Å². The fourth-order valence-electron chi connectivity index (χ4n) is 2.11. The van der Waals surface area contributed by atoms with Crippen molar-refractivity contribution < 1.29 is 4.79 Å². The van der Waals surface area contributed by atoms with Gasteiger partial charge >= 0.3 is 0 Å². The molecule has 0 radical (unpaired) electrons. The molecule has 2 aromatic heterocycles. The highest BCUT2D eigenvalue weighted by molar-refractivity contribution is 7.99. The van der Waals surface area contributed by atoms with Crippen molar-refractivity contribution in [2.45, 2.75) is 30.6 Å². The molecule has 1 N–H and O–H groups in total. The van der Waals surface area contributed by atoms with Crippen molar-refractivity contribution in [2.24, 2.45) is 0 Å². The number of hydrogen-bond acceptors (Lipinski definition) is 6. The Morgan fingerprint density at radius 2 is 1.88 bits per heavy atom. The quantitative estimate of drug-likeness (QED) is 0.769. The van der Waals surface area contributed by atoms with Crippen LogP contribution in [0.4, 0.5) is 5.69 Å². The minimum atomic E-state index is -0.294. The number of aryl methyl sites for hydroxylation is 1. The van der Waals surface area contributed by atoms with Crippen LogP contribution in [0, 0.1) is 6.92 Å². The first-order valence-electron chi connectivity index (χ1n) is 7.45. The van der Waals surface area contributed by atoms with Crippen molar-refractivity contribution in [3.8, 4) is 0 Å². The molecule has 8 heteroatoms. The van der Waals surface area contributed by atoms with Crippen molar-refractivity contribution in [3.63, 3.8) is 0 Å². The number of carbonyl (C=O) groups excluding carboxylic acids is 1. The third-order valence-electron chi connectivity index (χ3n) is 3.32. The maximum Gasteiger partial charge on any atom is 0.276 e. The molecule has 0 aliphatic heterocycles. The molecule has 0 bridgehead atoms. The van der Waals surface area contributed by atoms with Crippen LogP contribution in [-0.4, -0.2) is 30.9 Å². The van der Waals surface area contributed by atoms with Gasteiger partial charge in [0, 0.05) is 12.2 Å². The number of rotatable bonds is 5. The highest BCUT2D eigenvalue weighted by atomic mass is 32.2. The van der Waals surface area contributed by atoms with Gasteiger partial charge in [-0.1, -0.05) is 18.2 Å². The summed E-state index contributed by atoms with van der Waals surface area (Å²) in [5.41, 5.74) is 0.977. The van der Waals surface area contributed by atoms with E-state index in [9.17, 15) is 4.79 Å². The Hall–Kier alpha value is -2.74. The number of para-hydroxylation sites is 1. The van der Waals surface area contributed by atoms with Crippen LogP contribution in [-0.2, 0) is 6.54 Å². The van der Waals surface area contributed by atoms with Gasteiger partial charge in [0.2, 0.25) is 0 Å². The summed E-state index contributed by atoms with van der Waals surface area (Å²) in [4.78, 5) is 12.1. The Labute approximate surface area is 143 Å². The second-order valence-corrected chi connectivity index (χ2v) is 5.94. The summed E-state index contributed by atoms with van der Waals surface area (Å²) in [5.74, 6) is 0.560. The first-order valence-corrected chi connectivity index (χ1v) is 8.27. The molecule has 7 nitrogen and oxygen atoms in total. The van der Waals surface area contributed by atoms with E-state index in [1.54, 1.807) is 12.1 Å².